The normalized spacial score (nSPS) is 17.3. The minimum atomic E-state index is -0.301. The molecule has 4 rings (SSSR count). The Kier molecular flexibility index (Phi) is 2.52. The zero-order valence-electron chi connectivity index (χ0n) is 10.7. The van der Waals surface area contributed by atoms with Crippen LogP contribution in [0.1, 0.15) is 25.1 Å². The summed E-state index contributed by atoms with van der Waals surface area (Å²) in [5, 5.41) is 0. The smallest absolute Gasteiger partial charge is 0.245 e. The average molecular weight is 333 g/mol. The SMILES string of the molecule is NC1(c2ncc(-c3nc4cccc(Br)c4o3)[nH]2)CCC1. The second-order valence-corrected chi connectivity index (χ2v) is 6.12. The number of hydrogen-bond donors (Lipinski definition) is 2. The van der Waals surface area contributed by atoms with E-state index >= 15 is 0 Å². The Balaban J connectivity index is 1.77. The summed E-state index contributed by atoms with van der Waals surface area (Å²) in [4.78, 5) is 12.1. The number of nitrogens with two attached hydrogens (primary N) is 1. The standard InChI is InChI=1S/C14H13BrN4O/c15-8-3-1-4-9-11(8)20-12(18-9)10-7-17-13(19-10)14(16)5-2-6-14/h1,3-4,7H,2,5-6,16H2,(H,17,19). The van der Waals surface area contributed by atoms with Gasteiger partial charge in [-0.1, -0.05) is 6.07 Å². The molecule has 0 spiro atoms. The monoisotopic (exact) mass is 332 g/mol. The van der Waals surface area contributed by atoms with Crippen molar-refractivity contribution in [1.82, 2.24) is 15.0 Å². The van der Waals surface area contributed by atoms with E-state index < -0.39 is 0 Å². The number of halogens is 1. The molecule has 0 unspecified atom stereocenters. The first-order valence-electron chi connectivity index (χ1n) is 6.55. The third-order valence-electron chi connectivity index (χ3n) is 3.89. The third-order valence-corrected chi connectivity index (χ3v) is 4.52. The Morgan fingerprint density at radius 2 is 2.20 bits per heavy atom. The van der Waals surface area contributed by atoms with Crippen LogP contribution in [-0.2, 0) is 5.54 Å². The maximum absolute atomic E-state index is 6.26. The molecule has 3 N–H and O–H groups in total. The second-order valence-electron chi connectivity index (χ2n) is 5.26. The number of H-pyrrole nitrogens is 1. The van der Waals surface area contributed by atoms with Crippen molar-refractivity contribution >= 4 is 27.0 Å². The number of para-hydroxylation sites is 1. The fourth-order valence-corrected chi connectivity index (χ4v) is 2.94. The maximum atomic E-state index is 6.26. The van der Waals surface area contributed by atoms with E-state index in [9.17, 15) is 0 Å². The van der Waals surface area contributed by atoms with E-state index in [2.05, 4.69) is 30.9 Å². The molecule has 1 saturated carbocycles. The van der Waals surface area contributed by atoms with Gasteiger partial charge in [0.05, 0.1) is 16.2 Å². The molecule has 3 aromatic rings. The summed E-state index contributed by atoms with van der Waals surface area (Å²) < 4.78 is 6.68. The Morgan fingerprint density at radius 3 is 2.90 bits per heavy atom. The number of imidazole rings is 1. The summed E-state index contributed by atoms with van der Waals surface area (Å²) in [6, 6.07) is 5.78. The van der Waals surface area contributed by atoms with Crippen LogP contribution in [0.25, 0.3) is 22.7 Å². The highest BCUT2D eigenvalue weighted by Gasteiger charge is 2.37. The zero-order chi connectivity index (χ0) is 13.7. The van der Waals surface area contributed by atoms with E-state index in [1.54, 1.807) is 6.20 Å². The van der Waals surface area contributed by atoms with Gasteiger partial charge in [-0.3, -0.25) is 0 Å². The molecule has 1 aliphatic carbocycles. The molecule has 0 atom stereocenters. The molecular formula is C14H13BrN4O. The molecule has 6 heteroatoms. The molecule has 0 aliphatic heterocycles. The fourth-order valence-electron chi connectivity index (χ4n) is 2.51. The van der Waals surface area contributed by atoms with Gasteiger partial charge in [0.1, 0.15) is 17.0 Å². The minimum Gasteiger partial charge on any atom is -0.433 e. The van der Waals surface area contributed by atoms with Crippen LogP contribution in [0, 0.1) is 0 Å². The highest BCUT2D eigenvalue weighted by atomic mass is 79.9. The van der Waals surface area contributed by atoms with Crippen LogP contribution in [0.15, 0.2) is 33.3 Å². The molecule has 0 saturated heterocycles. The summed E-state index contributed by atoms with van der Waals surface area (Å²) in [6.45, 7) is 0. The van der Waals surface area contributed by atoms with Crippen LogP contribution in [0.2, 0.25) is 0 Å². The lowest BCUT2D eigenvalue weighted by atomic mass is 9.77. The molecule has 0 radical (unpaired) electrons. The van der Waals surface area contributed by atoms with E-state index in [4.69, 9.17) is 10.2 Å². The van der Waals surface area contributed by atoms with Crippen molar-refractivity contribution in [3.05, 3.63) is 34.7 Å². The summed E-state index contributed by atoms with van der Waals surface area (Å²) >= 11 is 3.46. The number of nitrogens with zero attached hydrogens (tertiary/aromatic N) is 2. The maximum Gasteiger partial charge on any atom is 0.245 e. The largest absolute Gasteiger partial charge is 0.433 e. The average Bonchev–Trinajstić information content (AvgIpc) is 3.02. The van der Waals surface area contributed by atoms with E-state index in [0.717, 1.165) is 46.4 Å². The molecule has 1 aromatic carbocycles. The highest BCUT2D eigenvalue weighted by molar-refractivity contribution is 9.10. The van der Waals surface area contributed by atoms with Crippen LogP contribution >= 0.6 is 15.9 Å². The number of benzene rings is 1. The van der Waals surface area contributed by atoms with Gasteiger partial charge in [-0.2, -0.15) is 0 Å². The summed E-state index contributed by atoms with van der Waals surface area (Å²) in [6.07, 6.45) is 4.83. The molecule has 2 aromatic heterocycles. The topological polar surface area (TPSA) is 80.7 Å². The van der Waals surface area contributed by atoms with Gasteiger partial charge in [0, 0.05) is 0 Å². The first kappa shape index (κ1) is 12.1. The minimum absolute atomic E-state index is 0.301. The van der Waals surface area contributed by atoms with E-state index in [-0.39, 0.29) is 5.54 Å². The number of aromatic amines is 1. The van der Waals surface area contributed by atoms with Crippen LogP contribution < -0.4 is 5.73 Å². The van der Waals surface area contributed by atoms with Gasteiger partial charge in [-0.15, -0.1) is 0 Å². The quantitative estimate of drug-likeness (QED) is 0.754. The van der Waals surface area contributed by atoms with Crippen molar-refractivity contribution in [2.24, 2.45) is 5.73 Å². The first-order chi connectivity index (χ1) is 9.66. The molecule has 102 valence electrons. The van der Waals surface area contributed by atoms with Crippen molar-refractivity contribution in [2.45, 2.75) is 24.8 Å². The number of nitrogens with one attached hydrogen (secondary N) is 1. The van der Waals surface area contributed by atoms with Crippen molar-refractivity contribution in [2.75, 3.05) is 0 Å². The van der Waals surface area contributed by atoms with E-state index in [1.807, 2.05) is 18.2 Å². The van der Waals surface area contributed by atoms with Crippen LogP contribution in [0.5, 0.6) is 0 Å². The number of aromatic nitrogens is 3. The molecule has 0 amide bonds. The lowest BCUT2D eigenvalue weighted by Crippen LogP contribution is -2.44. The first-order valence-corrected chi connectivity index (χ1v) is 7.35. The number of fused-ring (bicyclic) bond motifs is 1. The Labute approximate surface area is 123 Å². The molecular weight excluding hydrogens is 320 g/mol. The van der Waals surface area contributed by atoms with Crippen LogP contribution in [0.4, 0.5) is 0 Å². The van der Waals surface area contributed by atoms with E-state index in [1.165, 1.54) is 0 Å². The molecule has 2 heterocycles. The Bertz CT molecular complexity index is 787. The van der Waals surface area contributed by atoms with Gasteiger partial charge in [-0.25, -0.2) is 9.97 Å². The lowest BCUT2D eigenvalue weighted by Gasteiger charge is -2.35. The van der Waals surface area contributed by atoms with Gasteiger partial charge in [0.2, 0.25) is 5.89 Å². The molecule has 1 fully saturated rings. The van der Waals surface area contributed by atoms with Gasteiger partial charge in [0.25, 0.3) is 0 Å². The van der Waals surface area contributed by atoms with Crippen molar-refractivity contribution in [1.29, 1.82) is 0 Å². The lowest BCUT2D eigenvalue weighted by molar-refractivity contribution is 0.240. The highest BCUT2D eigenvalue weighted by Crippen LogP contribution is 2.38. The van der Waals surface area contributed by atoms with Gasteiger partial charge in [-0.05, 0) is 47.3 Å². The Morgan fingerprint density at radius 1 is 1.35 bits per heavy atom. The molecule has 5 nitrogen and oxygen atoms in total. The number of hydrogen-bond acceptors (Lipinski definition) is 4. The summed E-state index contributed by atoms with van der Waals surface area (Å²) in [7, 11) is 0. The van der Waals surface area contributed by atoms with E-state index in [0.29, 0.717) is 5.89 Å². The fraction of sp³-hybridized carbons (Fsp3) is 0.286. The van der Waals surface area contributed by atoms with Crippen LogP contribution in [0.3, 0.4) is 0 Å². The predicted molar refractivity (Wildman–Crippen MR) is 79.0 cm³/mol. The van der Waals surface area contributed by atoms with Crippen molar-refractivity contribution in [3.63, 3.8) is 0 Å². The molecule has 1 aliphatic rings. The van der Waals surface area contributed by atoms with Gasteiger partial charge >= 0.3 is 0 Å². The summed E-state index contributed by atoms with van der Waals surface area (Å²) in [5.74, 6) is 1.36. The predicted octanol–water partition coefficient (Wildman–Crippen LogP) is 3.32. The Hall–Kier alpha value is -1.66. The van der Waals surface area contributed by atoms with Gasteiger partial charge in [0.15, 0.2) is 5.58 Å². The van der Waals surface area contributed by atoms with Crippen molar-refractivity contribution in [3.8, 4) is 11.6 Å². The van der Waals surface area contributed by atoms with Gasteiger partial charge < -0.3 is 15.1 Å². The van der Waals surface area contributed by atoms with Crippen molar-refractivity contribution < 1.29 is 4.42 Å². The molecule has 0 bridgehead atoms. The number of oxazole rings is 1. The zero-order valence-corrected chi connectivity index (χ0v) is 12.3. The number of rotatable bonds is 2. The van der Waals surface area contributed by atoms with Crippen LogP contribution in [-0.4, -0.2) is 15.0 Å². The molecule has 20 heavy (non-hydrogen) atoms. The second kappa shape index (κ2) is 4.17. The summed E-state index contributed by atoms with van der Waals surface area (Å²) in [5.41, 5.74) is 8.28. The third kappa shape index (κ3) is 1.72.